The molecule has 0 heterocycles. The van der Waals surface area contributed by atoms with E-state index < -0.39 is 0 Å². The largest absolute Gasteiger partial charge is 0.398 e. The number of nitrogens with one attached hydrogen (secondary N) is 1. The van der Waals surface area contributed by atoms with Crippen LogP contribution in [0, 0.1) is 12.7 Å². The van der Waals surface area contributed by atoms with Crippen molar-refractivity contribution in [1.82, 2.24) is 5.32 Å². The molecule has 0 bridgehead atoms. The minimum absolute atomic E-state index is 0.237. The van der Waals surface area contributed by atoms with Gasteiger partial charge in [0.05, 0.1) is 5.56 Å². The van der Waals surface area contributed by atoms with Crippen LogP contribution in [0.1, 0.15) is 21.5 Å². The lowest BCUT2D eigenvalue weighted by Gasteiger charge is -2.08. The number of nitrogen functional groups attached to an aromatic ring is 1. The number of benzene rings is 2. The summed E-state index contributed by atoms with van der Waals surface area (Å²) < 4.78 is 13.4. The lowest BCUT2D eigenvalue weighted by Crippen LogP contribution is -2.26. The number of carbonyl (C=O) groups is 1. The van der Waals surface area contributed by atoms with Crippen LogP contribution < -0.4 is 11.1 Å². The second-order valence-corrected chi connectivity index (χ2v) is 4.69. The van der Waals surface area contributed by atoms with Crippen LogP contribution in [0.15, 0.2) is 42.5 Å². The maximum Gasteiger partial charge on any atom is 0.253 e. The Morgan fingerprint density at radius 1 is 1.25 bits per heavy atom. The molecule has 0 aromatic heterocycles. The van der Waals surface area contributed by atoms with Gasteiger partial charge in [-0.15, -0.1) is 0 Å². The van der Waals surface area contributed by atoms with Crippen LogP contribution in [-0.2, 0) is 6.42 Å². The molecule has 0 aliphatic heterocycles. The zero-order valence-electron chi connectivity index (χ0n) is 11.3. The fourth-order valence-corrected chi connectivity index (χ4v) is 2.00. The van der Waals surface area contributed by atoms with Crippen molar-refractivity contribution in [2.45, 2.75) is 13.3 Å². The van der Waals surface area contributed by atoms with Crippen molar-refractivity contribution < 1.29 is 9.18 Å². The van der Waals surface area contributed by atoms with Crippen molar-refractivity contribution in [3.63, 3.8) is 0 Å². The van der Waals surface area contributed by atoms with Crippen LogP contribution in [0.3, 0.4) is 0 Å². The second kappa shape index (κ2) is 6.19. The molecule has 0 aliphatic rings. The SMILES string of the molecule is Cc1ccc(C(=O)NCCc2ccccc2F)c(N)c1. The zero-order chi connectivity index (χ0) is 14.5. The molecule has 0 fully saturated rings. The van der Waals surface area contributed by atoms with Gasteiger partial charge in [-0.1, -0.05) is 24.3 Å². The lowest BCUT2D eigenvalue weighted by molar-refractivity contribution is 0.0955. The van der Waals surface area contributed by atoms with Crippen LogP contribution in [-0.4, -0.2) is 12.5 Å². The number of nitrogens with two attached hydrogens (primary N) is 1. The molecule has 0 atom stereocenters. The Morgan fingerprint density at radius 2 is 2.00 bits per heavy atom. The Labute approximate surface area is 117 Å². The number of halogens is 1. The Morgan fingerprint density at radius 3 is 2.70 bits per heavy atom. The van der Waals surface area contributed by atoms with Crippen LogP contribution in [0.4, 0.5) is 10.1 Å². The number of hydrogen-bond acceptors (Lipinski definition) is 2. The topological polar surface area (TPSA) is 55.1 Å². The summed E-state index contributed by atoms with van der Waals surface area (Å²) in [6, 6.07) is 11.8. The van der Waals surface area contributed by atoms with E-state index >= 15 is 0 Å². The van der Waals surface area contributed by atoms with Gasteiger partial charge in [-0.2, -0.15) is 0 Å². The molecule has 1 amide bonds. The van der Waals surface area contributed by atoms with Crippen molar-refractivity contribution in [2.24, 2.45) is 0 Å². The van der Waals surface area contributed by atoms with Gasteiger partial charge >= 0.3 is 0 Å². The molecule has 3 nitrogen and oxygen atoms in total. The average Bonchev–Trinajstić information content (AvgIpc) is 2.40. The van der Waals surface area contributed by atoms with Crippen LogP contribution in [0.5, 0.6) is 0 Å². The zero-order valence-corrected chi connectivity index (χ0v) is 11.3. The molecular formula is C16H17FN2O. The Bertz CT molecular complexity index is 626. The van der Waals surface area contributed by atoms with Gasteiger partial charge in [-0.3, -0.25) is 4.79 Å². The first-order valence-corrected chi connectivity index (χ1v) is 6.45. The third-order valence-electron chi connectivity index (χ3n) is 3.09. The van der Waals surface area contributed by atoms with E-state index in [1.165, 1.54) is 6.07 Å². The Balaban J connectivity index is 1.94. The van der Waals surface area contributed by atoms with Gasteiger partial charge in [-0.05, 0) is 42.7 Å². The molecule has 104 valence electrons. The summed E-state index contributed by atoms with van der Waals surface area (Å²) in [5.74, 6) is -0.490. The first kappa shape index (κ1) is 14.1. The maximum atomic E-state index is 13.4. The molecule has 0 aliphatic carbocycles. The first-order valence-electron chi connectivity index (χ1n) is 6.45. The number of carbonyl (C=O) groups excluding carboxylic acids is 1. The van der Waals surface area contributed by atoms with E-state index in [0.717, 1.165) is 5.56 Å². The molecule has 0 saturated heterocycles. The highest BCUT2D eigenvalue weighted by atomic mass is 19.1. The monoisotopic (exact) mass is 272 g/mol. The second-order valence-electron chi connectivity index (χ2n) is 4.69. The van der Waals surface area contributed by atoms with E-state index in [4.69, 9.17) is 5.73 Å². The summed E-state index contributed by atoms with van der Waals surface area (Å²) in [5, 5.41) is 2.75. The summed E-state index contributed by atoms with van der Waals surface area (Å²) in [4.78, 5) is 12.0. The van der Waals surface area contributed by atoms with Crippen LogP contribution >= 0.6 is 0 Å². The fraction of sp³-hybridized carbons (Fsp3) is 0.188. The van der Waals surface area contributed by atoms with E-state index in [1.54, 1.807) is 30.3 Å². The number of aryl methyl sites for hydroxylation is 1. The fourth-order valence-electron chi connectivity index (χ4n) is 2.00. The van der Waals surface area contributed by atoms with Crippen molar-refractivity contribution in [1.29, 1.82) is 0 Å². The van der Waals surface area contributed by atoms with E-state index in [-0.39, 0.29) is 11.7 Å². The van der Waals surface area contributed by atoms with E-state index in [1.807, 2.05) is 13.0 Å². The molecular weight excluding hydrogens is 255 g/mol. The van der Waals surface area contributed by atoms with Gasteiger partial charge in [0.25, 0.3) is 5.91 Å². The van der Waals surface area contributed by atoms with E-state index in [9.17, 15) is 9.18 Å². The first-order chi connectivity index (χ1) is 9.58. The predicted molar refractivity (Wildman–Crippen MR) is 78.0 cm³/mol. The average molecular weight is 272 g/mol. The van der Waals surface area contributed by atoms with Gasteiger partial charge in [0.2, 0.25) is 0 Å². The summed E-state index contributed by atoms with van der Waals surface area (Å²) in [5.41, 5.74) is 8.30. The summed E-state index contributed by atoms with van der Waals surface area (Å²) in [7, 11) is 0. The molecule has 0 spiro atoms. The molecule has 2 aromatic rings. The highest BCUT2D eigenvalue weighted by Crippen LogP contribution is 2.13. The Kier molecular flexibility index (Phi) is 4.35. The van der Waals surface area contributed by atoms with E-state index in [2.05, 4.69) is 5.32 Å². The van der Waals surface area contributed by atoms with Crippen molar-refractivity contribution >= 4 is 11.6 Å². The van der Waals surface area contributed by atoms with Crippen molar-refractivity contribution in [2.75, 3.05) is 12.3 Å². The van der Waals surface area contributed by atoms with Crippen LogP contribution in [0.2, 0.25) is 0 Å². The van der Waals surface area contributed by atoms with Gasteiger partial charge in [0.1, 0.15) is 5.82 Å². The highest BCUT2D eigenvalue weighted by Gasteiger charge is 2.09. The summed E-state index contributed by atoms with van der Waals surface area (Å²) in [6.07, 6.45) is 0.449. The summed E-state index contributed by atoms with van der Waals surface area (Å²) >= 11 is 0. The molecule has 3 N–H and O–H groups in total. The number of amides is 1. The number of anilines is 1. The standard InChI is InChI=1S/C16H17FN2O/c1-11-6-7-13(15(18)10-11)16(20)19-9-8-12-4-2-3-5-14(12)17/h2-7,10H,8-9,18H2,1H3,(H,19,20). The van der Waals surface area contributed by atoms with Crippen molar-refractivity contribution in [3.8, 4) is 0 Å². The highest BCUT2D eigenvalue weighted by molar-refractivity contribution is 5.99. The smallest absolute Gasteiger partial charge is 0.253 e. The van der Waals surface area contributed by atoms with Gasteiger partial charge in [-0.25, -0.2) is 4.39 Å². The van der Waals surface area contributed by atoms with Gasteiger partial charge in [0.15, 0.2) is 0 Å². The molecule has 0 saturated carbocycles. The minimum Gasteiger partial charge on any atom is -0.398 e. The molecule has 0 unspecified atom stereocenters. The van der Waals surface area contributed by atoms with E-state index in [0.29, 0.717) is 29.8 Å². The number of hydrogen-bond donors (Lipinski definition) is 2. The summed E-state index contributed by atoms with van der Waals surface area (Å²) in [6.45, 7) is 2.28. The van der Waals surface area contributed by atoms with Crippen molar-refractivity contribution in [3.05, 3.63) is 65.0 Å². The lowest BCUT2D eigenvalue weighted by atomic mass is 10.1. The minimum atomic E-state index is -0.253. The molecule has 20 heavy (non-hydrogen) atoms. The molecule has 0 radical (unpaired) electrons. The van der Waals surface area contributed by atoms with Gasteiger partial charge < -0.3 is 11.1 Å². The number of rotatable bonds is 4. The van der Waals surface area contributed by atoms with Gasteiger partial charge in [0, 0.05) is 12.2 Å². The quantitative estimate of drug-likeness (QED) is 0.841. The Hall–Kier alpha value is -2.36. The van der Waals surface area contributed by atoms with Crippen LogP contribution in [0.25, 0.3) is 0 Å². The normalized spacial score (nSPS) is 10.3. The third kappa shape index (κ3) is 3.35. The predicted octanol–water partition coefficient (Wildman–Crippen LogP) is 2.69. The molecule has 2 aromatic carbocycles. The molecule has 2 rings (SSSR count). The maximum absolute atomic E-state index is 13.4. The third-order valence-corrected chi connectivity index (χ3v) is 3.09. The molecule has 4 heteroatoms.